The molecule has 4 heteroatoms. The number of hydrogen-bond donors (Lipinski definition) is 2. The number of phenols is 1. The predicted molar refractivity (Wildman–Crippen MR) is 80.0 cm³/mol. The third-order valence-corrected chi connectivity index (χ3v) is 3.24. The molecule has 0 fully saturated rings. The molecule has 104 valence electrons. The molecule has 0 heterocycles. The third kappa shape index (κ3) is 4.28. The molecule has 0 unspecified atom stereocenters. The molecule has 2 rings (SSSR count). The molecule has 0 spiro atoms. The van der Waals surface area contributed by atoms with Crippen LogP contribution in [0.1, 0.15) is 11.1 Å². The molecule has 0 aromatic heterocycles. The Kier molecular flexibility index (Phi) is 5.02. The van der Waals surface area contributed by atoms with Crippen LogP contribution in [0.4, 0.5) is 0 Å². The molecule has 2 aromatic carbocycles. The van der Waals surface area contributed by atoms with Crippen molar-refractivity contribution in [3.63, 3.8) is 0 Å². The lowest BCUT2D eigenvalue weighted by Crippen LogP contribution is -2.27. The maximum Gasteiger partial charge on any atom is 0.224 e. The molecule has 2 N–H and O–H groups in total. The summed E-state index contributed by atoms with van der Waals surface area (Å²) in [7, 11) is 0. The van der Waals surface area contributed by atoms with Crippen LogP contribution in [0.15, 0.2) is 48.5 Å². The van der Waals surface area contributed by atoms with Gasteiger partial charge >= 0.3 is 0 Å². The van der Waals surface area contributed by atoms with Crippen LogP contribution >= 0.6 is 11.6 Å². The molecule has 2 aromatic rings. The Morgan fingerprint density at radius 2 is 1.80 bits per heavy atom. The minimum atomic E-state index is -0.0968. The molecule has 0 aliphatic heterocycles. The fourth-order valence-corrected chi connectivity index (χ4v) is 2.02. The first-order valence-corrected chi connectivity index (χ1v) is 6.81. The quantitative estimate of drug-likeness (QED) is 0.889. The van der Waals surface area contributed by atoms with E-state index in [0.717, 1.165) is 12.0 Å². The Bertz CT molecular complexity index is 581. The summed E-state index contributed by atoms with van der Waals surface area (Å²) in [4.78, 5) is 11.8. The molecule has 0 aliphatic rings. The van der Waals surface area contributed by atoms with Crippen LogP contribution in [0, 0.1) is 0 Å². The Labute approximate surface area is 123 Å². The summed E-state index contributed by atoms with van der Waals surface area (Å²) in [5.41, 5.74) is 1.76. The van der Waals surface area contributed by atoms with Crippen molar-refractivity contribution >= 4 is 17.5 Å². The number of nitrogens with one attached hydrogen (secondary N) is 1. The summed E-state index contributed by atoms with van der Waals surface area (Å²) in [5.74, 6) is 0.0563. The van der Waals surface area contributed by atoms with Gasteiger partial charge in [0.15, 0.2) is 0 Å². The van der Waals surface area contributed by atoms with Crippen LogP contribution in [0.25, 0.3) is 0 Å². The highest BCUT2D eigenvalue weighted by Gasteiger charge is 2.06. The fraction of sp³-hybridized carbons (Fsp3) is 0.188. The SMILES string of the molecule is O=C(Cc1ccccc1O)NCCc1ccc(Cl)cc1. The van der Waals surface area contributed by atoms with Crippen molar-refractivity contribution in [1.82, 2.24) is 5.32 Å². The fourth-order valence-electron chi connectivity index (χ4n) is 1.89. The molecule has 0 bridgehead atoms. The minimum Gasteiger partial charge on any atom is -0.508 e. The van der Waals surface area contributed by atoms with Crippen molar-refractivity contribution in [2.24, 2.45) is 0 Å². The summed E-state index contributed by atoms with van der Waals surface area (Å²) in [6.07, 6.45) is 0.941. The van der Waals surface area contributed by atoms with Gasteiger partial charge in [0, 0.05) is 17.1 Å². The maximum atomic E-state index is 11.8. The van der Waals surface area contributed by atoms with E-state index in [1.54, 1.807) is 24.3 Å². The van der Waals surface area contributed by atoms with Gasteiger partial charge in [-0.25, -0.2) is 0 Å². The Morgan fingerprint density at radius 3 is 2.50 bits per heavy atom. The van der Waals surface area contributed by atoms with Crippen LogP contribution in [0.3, 0.4) is 0 Å². The topological polar surface area (TPSA) is 49.3 Å². The van der Waals surface area contributed by atoms with Crippen molar-refractivity contribution in [3.05, 3.63) is 64.7 Å². The smallest absolute Gasteiger partial charge is 0.224 e. The first-order chi connectivity index (χ1) is 9.65. The lowest BCUT2D eigenvalue weighted by Gasteiger charge is -2.07. The molecule has 0 saturated heterocycles. The van der Waals surface area contributed by atoms with Gasteiger partial charge in [-0.1, -0.05) is 41.9 Å². The summed E-state index contributed by atoms with van der Waals surface area (Å²) in [6, 6.07) is 14.4. The Balaban J connectivity index is 1.78. The third-order valence-electron chi connectivity index (χ3n) is 2.99. The maximum absolute atomic E-state index is 11.8. The molecule has 0 aliphatic carbocycles. The van der Waals surface area contributed by atoms with Crippen molar-refractivity contribution in [1.29, 1.82) is 0 Å². The summed E-state index contributed by atoms with van der Waals surface area (Å²) in [5, 5.41) is 13.1. The molecule has 20 heavy (non-hydrogen) atoms. The van der Waals surface area contributed by atoms with Crippen LogP contribution in [-0.2, 0) is 17.6 Å². The Hall–Kier alpha value is -2.00. The number of benzene rings is 2. The zero-order valence-electron chi connectivity index (χ0n) is 11.0. The van der Waals surface area contributed by atoms with Gasteiger partial charge in [0.25, 0.3) is 0 Å². The van der Waals surface area contributed by atoms with E-state index in [2.05, 4.69) is 5.32 Å². The van der Waals surface area contributed by atoms with Gasteiger partial charge in [-0.15, -0.1) is 0 Å². The molecular formula is C16H16ClNO2. The van der Waals surface area contributed by atoms with Crippen LogP contribution in [0.2, 0.25) is 5.02 Å². The first-order valence-electron chi connectivity index (χ1n) is 6.43. The first kappa shape index (κ1) is 14.4. The van der Waals surface area contributed by atoms with Crippen LogP contribution in [-0.4, -0.2) is 17.6 Å². The van der Waals surface area contributed by atoms with Crippen molar-refractivity contribution < 1.29 is 9.90 Å². The van der Waals surface area contributed by atoms with Gasteiger partial charge in [-0.2, -0.15) is 0 Å². The zero-order chi connectivity index (χ0) is 14.4. The van der Waals surface area contributed by atoms with E-state index in [-0.39, 0.29) is 18.1 Å². The number of carbonyl (C=O) groups is 1. The van der Waals surface area contributed by atoms with Crippen molar-refractivity contribution in [2.45, 2.75) is 12.8 Å². The molecule has 0 saturated carbocycles. The number of carbonyl (C=O) groups excluding carboxylic acids is 1. The number of aromatic hydroxyl groups is 1. The molecule has 0 atom stereocenters. The van der Waals surface area contributed by atoms with Crippen LogP contribution in [0.5, 0.6) is 5.75 Å². The van der Waals surface area contributed by atoms with Gasteiger partial charge in [-0.05, 0) is 30.2 Å². The average Bonchev–Trinajstić information content (AvgIpc) is 2.44. The average molecular weight is 290 g/mol. The minimum absolute atomic E-state index is 0.0968. The standard InChI is InChI=1S/C16H16ClNO2/c17-14-7-5-12(6-8-14)9-10-18-16(20)11-13-3-1-2-4-15(13)19/h1-8,19H,9-11H2,(H,18,20). The number of hydrogen-bond acceptors (Lipinski definition) is 2. The normalized spacial score (nSPS) is 10.2. The van der Waals surface area contributed by atoms with E-state index in [9.17, 15) is 9.90 Å². The largest absolute Gasteiger partial charge is 0.508 e. The van der Waals surface area contributed by atoms with E-state index in [1.807, 2.05) is 24.3 Å². The molecule has 3 nitrogen and oxygen atoms in total. The van der Waals surface area contributed by atoms with Crippen LogP contribution < -0.4 is 5.32 Å². The van der Waals surface area contributed by atoms with E-state index < -0.39 is 0 Å². The zero-order valence-corrected chi connectivity index (χ0v) is 11.7. The summed E-state index contributed by atoms with van der Waals surface area (Å²) in [6.45, 7) is 0.564. The van der Waals surface area contributed by atoms with Crippen molar-refractivity contribution in [3.8, 4) is 5.75 Å². The van der Waals surface area contributed by atoms with Gasteiger partial charge < -0.3 is 10.4 Å². The lowest BCUT2D eigenvalue weighted by atomic mass is 10.1. The van der Waals surface area contributed by atoms with E-state index >= 15 is 0 Å². The number of halogens is 1. The molecular weight excluding hydrogens is 274 g/mol. The molecule has 1 amide bonds. The van der Waals surface area contributed by atoms with Gasteiger partial charge in [0.2, 0.25) is 5.91 Å². The number of amides is 1. The Morgan fingerprint density at radius 1 is 1.10 bits per heavy atom. The lowest BCUT2D eigenvalue weighted by molar-refractivity contribution is -0.120. The second-order valence-electron chi connectivity index (χ2n) is 4.53. The predicted octanol–water partition coefficient (Wildman–Crippen LogP) is 2.95. The highest BCUT2D eigenvalue weighted by molar-refractivity contribution is 6.30. The highest BCUT2D eigenvalue weighted by Crippen LogP contribution is 2.15. The van der Waals surface area contributed by atoms with E-state index in [0.29, 0.717) is 17.1 Å². The monoisotopic (exact) mass is 289 g/mol. The summed E-state index contributed by atoms with van der Waals surface area (Å²) >= 11 is 5.81. The second kappa shape index (κ2) is 6.96. The molecule has 0 radical (unpaired) electrons. The van der Waals surface area contributed by atoms with Gasteiger partial charge in [0.1, 0.15) is 5.75 Å². The summed E-state index contributed by atoms with van der Waals surface area (Å²) < 4.78 is 0. The number of rotatable bonds is 5. The van der Waals surface area contributed by atoms with E-state index in [1.165, 1.54) is 0 Å². The van der Waals surface area contributed by atoms with Gasteiger partial charge in [0.05, 0.1) is 6.42 Å². The number of phenolic OH excluding ortho intramolecular Hbond substituents is 1. The highest BCUT2D eigenvalue weighted by atomic mass is 35.5. The van der Waals surface area contributed by atoms with E-state index in [4.69, 9.17) is 11.6 Å². The van der Waals surface area contributed by atoms with Gasteiger partial charge in [-0.3, -0.25) is 4.79 Å². The van der Waals surface area contributed by atoms with Crippen molar-refractivity contribution in [2.75, 3.05) is 6.54 Å². The second-order valence-corrected chi connectivity index (χ2v) is 4.97. The number of para-hydroxylation sites is 1.